The first-order valence-electron chi connectivity index (χ1n) is 3.50. The first-order valence-corrected chi connectivity index (χ1v) is 3.50. The van der Waals surface area contributed by atoms with Crippen molar-refractivity contribution in [1.82, 2.24) is 5.06 Å². The molecule has 0 radical (unpaired) electrons. The molecule has 0 aliphatic heterocycles. The third-order valence-electron chi connectivity index (χ3n) is 0.831. The summed E-state index contributed by atoms with van der Waals surface area (Å²) in [5.41, 5.74) is 0. The van der Waals surface area contributed by atoms with Gasteiger partial charge in [0.1, 0.15) is 0 Å². The topological polar surface area (TPSA) is 98.1 Å². The summed E-state index contributed by atoms with van der Waals surface area (Å²) in [6, 6.07) is 0. The number of aliphatic carboxylic acids is 1. The minimum absolute atomic E-state index is 0.176. The molecular formula is C7H13NO5. The monoisotopic (exact) mass is 191 g/mol. The fourth-order valence-corrected chi connectivity index (χ4v) is 0.307. The highest BCUT2D eigenvalue weighted by molar-refractivity contribution is 5.78. The molecule has 0 saturated carbocycles. The first kappa shape index (κ1) is 14.0. The van der Waals surface area contributed by atoms with Gasteiger partial charge in [0, 0.05) is 6.08 Å². The van der Waals surface area contributed by atoms with E-state index in [1.54, 1.807) is 6.92 Å². The van der Waals surface area contributed by atoms with Gasteiger partial charge < -0.3 is 10.2 Å². The Kier molecular flexibility index (Phi) is 9.19. The molecule has 6 nitrogen and oxygen atoms in total. The quantitative estimate of drug-likeness (QED) is 0.351. The van der Waals surface area contributed by atoms with Crippen molar-refractivity contribution in [3.63, 3.8) is 0 Å². The summed E-state index contributed by atoms with van der Waals surface area (Å²) in [5.74, 6) is -0.981. The zero-order valence-electron chi connectivity index (χ0n) is 7.30. The molecule has 0 aromatic heterocycles. The predicted molar refractivity (Wildman–Crippen MR) is 44.6 cm³/mol. The zero-order valence-corrected chi connectivity index (χ0v) is 7.30. The lowest BCUT2D eigenvalue weighted by molar-refractivity contribution is -0.131. The maximum atomic E-state index is 9.77. The number of hydroxylamine groups is 2. The van der Waals surface area contributed by atoms with Crippen molar-refractivity contribution in [3.8, 4) is 0 Å². The van der Waals surface area contributed by atoms with Gasteiger partial charge >= 0.3 is 12.1 Å². The SMILES string of the molecule is C=CC(=O)O.CCCN(O)C(=O)O. The lowest BCUT2D eigenvalue weighted by Crippen LogP contribution is -2.25. The van der Waals surface area contributed by atoms with E-state index in [1.165, 1.54) is 0 Å². The summed E-state index contributed by atoms with van der Waals surface area (Å²) in [7, 11) is 0. The minimum Gasteiger partial charge on any atom is -0.478 e. The molecule has 1 amide bonds. The number of carbonyl (C=O) groups is 2. The summed E-state index contributed by atoms with van der Waals surface area (Å²) >= 11 is 0. The van der Waals surface area contributed by atoms with Crippen LogP contribution in [0.2, 0.25) is 0 Å². The van der Waals surface area contributed by atoms with Gasteiger partial charge in [-0.05, 0) is 6.42 Å². The Labute approximate surface area is 75.7 Å². The molecule has 6 heteroatoms. The lowest BCUT2D eigenvalue weighted by atomic mass is 10.5. The van der Waals surface area contributed by atoms with Crippen LogP contribution in [0.3, 0.4) is 0 Å². The molecule has 3 N–H and O–H groups in total. The van der Waals surface area contributed by atoms with Crippen LogP contribution in [0, 0.1) is 0 Å². The minimum atomic E-state index is -1.30. The van der Waals surface area contributed by atoms with E-state index in [-0.39, 0.29) is 11.6 Å². The maximum absolute atomic E-state index is 9.77. The van der Waals surface area contributed by atoms with E-state index in [9.17, 15) is 9.59 Å². The smallest absolute Gasteiger partial charge is 0.431 e. The third kappa shape index (κ3) is 13.4. The van der Waals surface area contributed by atoms with Crippen molar-refractivity contribution in [1.29, 1.82) is 0 Å². The van der Waals surface area contributed by atoms with Gasteiger partial charge in [0.15, 0.2) is 0 Å². The van der Waals surface area contributed by atoms with E-state index >= 15 is 0 Å². The average Bonchev–Trinajstić information content (AvgIpc) is 2.06. The van der Waals surface area contributed by atoms with Crippen molar-refractivity contribution in [2.24, 2.45) is 0 Å². The van der Waals surface area contributed by atoms with Gasteiger partial charge in [0.05, 0.1) is 6.54 Å². The summed E-state index contributed by atoms with van der Waals surface area (Å²) in [5, 5.41) is 24.2. The molecule has 0 unspecified atom stereocenters. The second-order valence-electron chi connectivity index (χ2n) is 1.95. The second-order valence-corrected chi connectivity index (χ2v) is 1.95. The van der Waals surface area contributed by atoms with E-state index in [4.69, 9.17) is 15.4 Å². The van der Waals surface area contributed by atoms with Crippen LogP contribution in [0.4, 0.5) is 4.79 Å². The van der Waals surface area contributed by atoms with Gasteiger partial charge in [0.2, 0.25) is 0 Å². The average molecular weight is 191 g/mol. The molecular weight excluding hydrogens is 178 g/mol. The largest absolute Gasteiger partial charge is 0.478 e. The van der Waals surface area contributed by atoms with Crippen LogP contribution in [0.1, 0.15) is 13.3 Å². The van der Waals surface area contributed by atoms with Gasteiger partial charge in [-0.1, -0.05) is 13.5 Å². The zero-order chi connectivity index (χ0) is 10.9. The van der Waals surface area contributed by atoms with Gasteiger partial charge in [0.25, 0.3) is 0 Å². The number of nitrogens with zero attached hydrogens (tertiary/aromatic N) is 1. The highest BCUT2D eigenvalue weighted by Crippen LogP contribution is 1.84. The Morgan fingerprint density at radius 3 is 1.92 bits per heavy atom. The van der Waals surface area contributed by atoms with E-state index in [0.29, 0.717) is 6.42 Å². The molecule has 0 heterocycles. The molecule has 0 aromatic carbocycles. The third-order valence-corrected chi connectivity index (χ3v) is 0.831. The van der Waals surface area contributed by atoms with Crippen LogP contribution in [-0.2, 0) is 4.79 Å². The number of amides is 1. The molecule has 0 fully saturated rings. The van der Waals surface area contributed by atoms with E-state index < -0.39 is 12.1 Å². The molecule has 0 saturated heterocycles. The Morgan fingerprint density at radius 1 is 1.46 bits per heavy atom. The fraction of sp³-hybridized carbons (Fsp3) is 0.429. The Bertz CT molecular complexity index is 180. The van der Waals surface area contributed by atoms with Gasteiger partial charge in [-0.2, -0.15) is 5.06 Å². The van der Waals surface area contributed by atoms with E-state index in [1.807, 2.05) is 0 Å². The van der Waals surface area contributed by atoms with Crippen LogP contribution in [-0.4, -0.2) is 39.1 Å². The molecule has 0 rings (SSSR count). The normalized spacial score (nSPS) is 7.85. The highest BCUT2D eigenvalue weighted by atomic mass is 16.6. The van der Waals surface area contributed by atoms with Crippen LogP contribution in [0.25, 0.3) is 0 Å². The molecule has 0 spiro atoms. The molecule has 76 valence electrons. The van der Waals surface area contributed by atoms with Crippen molar-refractivity contribution in [2.45, 2.75) is 13.3 Å². The standard InChI is InChI=1S/C4H9NO3.C3H4O2/c1-2-3-5(8)4(6)7;1-2-3(4)5/h8H,2-3H2,1H3,(H,6,7);2H,1H2,(H,4,5). The summed E-state index contributed by atoms with van der Waals surface area (Å²) in [6.07, 6.45) is 0.162. The van der Waals surface area contributed by atoms with Crippen molar-refractivity contribution < 1.29 is 25.0 Å². The first-order chi connectivity index (χ1) is 5.95. The van der Waals surface area contributed by atoms with E-state index in [0.717, 1.165) is 6.08 Å². The maximum Gasteiger partial charge on any atom is 0.431 e. The number of rotatable bonds is 3. The molecule has 13 heavy (non-hydrogen) atoms. The fourth-order valence-electron chi connectivity index (χ4n) is 0.307. The molecule has 0 atom stereocenters. The number of hydrogen-bond acceptors (Lipinski definition) is 3. The Balaban J connectivity index is 0. The van der Waals surface area contributed by atoms with Crippen LogP contribution < -0.4 is 0 Å². The van der Waals surface area contributed by atoms with Gasteiger partial charge in [-0.15, -0.1) is 0 Å². The molecule has 0 aliphatic carbocycles. The van der Waals surface area contributed by atoms with Crippen molar-refractivity contribution in [3.05, 3.63) is 12.7 Å². The molecule has 0 bridgehead atoms. The molecule has 0 aromatic rings. The van der Waals surface area contributed by atoms with E-state index in [2.05, 4.69) is 6.58 Å². The van der Waals surface area contributed by atoms with Crippen LogP contribution >= 0.6 is 0 Å². The van der Waals surface area contributed by atoms with Gasteiger partial charge in [-0.25, -0.2) is 9.59 Å². The Hall–Kier alpha value is -1.56. The second kappa shape index (κ2) is 8.54. The number of carboxylic acids is 1. The summed E-state index contributed by atoms with van der Waals surface area (Å²) < 4.78 is 0. The lowest BCUT2D eigenvalue weighted by Gasteiger charge is -2.06. The number of hydrogen-bond donors (Lipinski definition) is 3. The van der Waals surface area contributed by atoms with Gasteiger partial charge in [-0.3, -0.25) is 5.21 Å². The van der Waals surface area contributed by atoms with Crippen molar-refractivity contribution >= 4 is 12.1 Å². The van der Waals surface area contributed by atoms with Crippen LogP contribution in [0.15, 0.2) is 12.7 Å². The highest BCUT2D eigenvalue weighted by Gasteiger charge is 2.03. The summed E-state index contributed by atoms with van der Waals surface area (Å²) in [6.45, 7) is 4.92. The Morgan fingerprint density at radius 2 is 1.85 bits per heavy atom. The predicted octanol–water partition coefficient (Wildman–Crippen LogP) is 1.02. The molecule has 0 aliphatic rings. The number of carboxylic acid groups (broad SMARTS) is 2. The van der Waals surface area contributed by atoms with Crippen molar-refractivity contribution in [2.75, 3.05) is 6.54 Å². The van der Waals surface area contributed by atoms with Crippen LogP contribution in [0.5, 0.6) is 0 Å². The summed E-state index contributed by atoms with van der Waals surface area (Å²) in [4.78, 5) is 19.0.